The summed E-state index contributed by atoms with van der Waals surface area (Å²) in [6, 6.07) is 4.06. The van der Waals surface area contributed by atoms with E-state index in [4.69, 9.17) is 0 Å². The Morgan fingerprint density at radius 2 is 2.19 bits per heavy atom. The van der Waals surface area contributed by atoms with E-state index in [-0.39, 0.29) is 0 Å². The molecule has 1 unspecified atom stereocenters. The highest BCUT2D eigenvalue weighted by Gasteiger charge is 2.12. The molecule has 1 atom stereocenters. The fourth-order valence-electron chi connectivity index (χ4n) is 1.65. The molecule has 0 N–H and O–H groups in total. The van der Waals surface area contributed by atoms with Gasteiger partial charge in [0.15, 0.2) is 0 Å². The highest BCUT2D eigenvalue weighted by atomic mass is 15.3. The molecule has 0 amide bonds. The molecule has 0 saturated carbocycles. The smallest absolute Gasteiger partial charge is 0.138 e. The van der Waals surface area contributed by atoms with Gasteiger partial charge in [-0.1, -0.05) is 13.8 Å². The van der Waals surface area contributed by atoms with Gasteiger partial charge in [-0.05, 0) is 25.5 Å². The van der Waals surface area contributed by atoms with Gasteiger partial charge in [-0.15, -0.1) is 0 Å². The molecule has 2 aromatic heterocycles. The molecule has 0 saturated heterocycles. The SMILES string of the molecule is CCC(C)c1nc(C)ccc1-n1cncn1. The molecule has 0 aliphatic heterocycles. The molecule has 2 heterocycles. The maximum absolute atomic E-state index is 4.61. The van der Waals surface area contributed by atoms with Crippen LogP contribution in [0, 0.1) is 6.92 Å². The van der Waals surface area contributed by atoms with Crippen LogP contribution in [-0.2, 0) is 0 Å². The van der Waals surface area contributed by atoms with Crippen LogP contribution in [0.1, 0.15) is 37.6 Å². The van der Waals surface area contributed by atoms with Crippen molar-refractivity contribution in [1.29, 1.82) is 0 Å². The van der Waals surface area contributed by atoms with E-state index in [2.05, 4.69) is 35.0 Å². The maximum atomic E-state index is 4.61. The van der Waals surface area contributed by atoms with Crippen molar-refractivity contribution in [2.45, 2.75) is 33.1 Å². The molecule has 2 aromatic rings. The Hall–Kier alpha value is -1.71. The van der Waals surface area contributed by atoms with Gasteiger partial charge in [0.1, 0.15) is 12.7 Å². The van der Waals surface area contributed by atoms with Crippen molar-refractivity contribution in [3.63, 3.8) is 0 Å². The lowest BCUT2D eigenvalue weighted by Gasteiger charge is -2.14. The largest absolute Gasteiger partial charge is 0.256 e. The van der Waals surface area contributed by atoms with Crippen LogP contribution in [0.3, 0.4) is 0 Å². The lowest BCUT2D eigenvalue weighted by atomic mass is 10.0. The molecule has 84 valence electrons. The summed E-state index contributed by atoms with van der Waals surface area (Å²) in [6.45, 7) is 6.36. The monoisotopic (exact) mass is 216 g/mol. The van der Waals surface area contributed by atoms with Gasteiger partial charge in [-0.2, -0.15) is 5.10 Å². The molecule has 4 heteroatoms. The minimum atomic E-state index is 0.430. The first-order valence-corrected chi connectivity index (χ1v) is 5.55. The van der Waals surface area contributed by atoms with Crippen LogP contribution in [0.2, 0.25) is 0 Å². The zero-order valence-corrected chi connectivity index (χ0v) is 9.88. The predicted octanol–water partition coefficient (Wildman–Crippen LogP) is 2.48. The minimum absolute atomic E-state index is 0.430. The number of hydrogen-bond acceptors (Lipinski definition) is 3. The third kappa shape index (κ3) is 1.96. The molecular weight excluding hydrogens is 200 g/mol. The van der Waals surface area contributed by atoms with E-state index in [0.29, 0.717) is 5.92 Å². The molecular formula is C12H16N4. The van der Waals surface area contributed by atoms with Crippen molar-refractivity contribution in [2.24, 2.45) is 0 Å². The molecule has 0 bridgehead atoms. The first kappa shape index (κ1) is 10.8. The second kappa shape index (κ2) is 4.43. The molecule has 16 heavy (non-hydrogen) atoms. The molecule has 0 aliphatic carbocycles. The van der Waals surface area contributed by atoms with Crippen LogP contribution in [0.25, 0.3) is 5.69 Å². The fraction of sp³-hybridized carbons (Fsp3) is 0.417. The predicted molar refractivity (Wildman–Crippen MR) is 62.6 cm³/mol. The third-order valence-electron chi connectivity index (χ3n) is 2.79. The summed E-state index contributed by atoms with van der Waals surface area (Å²) in [5.74, 6) is 0.430. The van der Waals surface area contributed by atoms with Crippen molar-refractivity contribution in [3.8, 4) is 5.69 Å². The van der Waals surface area contributed by atoms with Crippen LogP contribution >= 0.6 is 0 Å². The average molecular weight is 216 g/mol. The van der Waals surface area contributed by atoms with E-state index in [1.807, 2.05) is 13.0 Å². The normalized spacial score (nSPS) is 12.7. The molecule has 0 aromatic carbocycles. The average Bonchev–Trinajstić information content (AvgIpc) is 2.81. The molecule has 0 fully saturated rings. The van der Waals surface area contributed by atoms with Gasteiger partial charge in [0.2, 0.25) is 0 Å². The van der Waals surface area contributed by atoms with Gasteiger partial charge in [-0.3, -0.25) is 4.98 Å². The Kier molecular flexibility index (Phi) is 2.99. The van der Waals surface area contributed by atoms with E-state index >= 15 is 0 Å². The molecule has 0 aliphatic rings. The standard InChI is InChI=1S/C12H16N4/c1-4-9(2)12-11(6-5-10(3)15-12)16-8-13-7-14-16/h5-9H,4H2,1-3H3. The zero-order valence-electron chi connectivity index (χ0n) is 9.88. The summed E-state index contributed by atoms with van der Waals surface area (Å²) >= 11 is 0. The zero-order chi connectivity index (χ0) is 11.5. The van der Waals surface area contributed by atoms with Crippen LogP contribution in [0.4, 0.5) is 0 Å². The topological polar surface area (TPSA) is 43.6 Å². The summed E-state index contributed by atoms with van der Waals surface area (Å²) in [7, 11) is 0. The Morgan fingerprint density at radius 1 is 1.38 bits per heavy atom. The minimum Gasteiger partial charge on any atom is -0.256 e. The Labute approximate surface area is 95.4 Å². The van der Waals surface area contributed by atoms with Crippen molar-refractivity contribution < 1.29 is 0 Å². The summed E-state index contributed by atoms with van der Waals surface area (Å²) in [6.07, 6.45) is 4.32. The maximum Gasteiger partial charge on any atom is 0.138 e. The van der Waals surface area contributed by atoms with E-state index in [9.17, 15) is 0 Å². The molecule has 4 nitrogen and oxygen atoms in total. The van der Waals surface area contributed by atoms with Gasteiger partial charge in [0, 0.05) is 11.6 Å². The van der Waals surface area contributed by atoms with Gasteiger partial charge in [0.25, 0.3) is 0 Å². The van der Waals surface area contributed by atoms with Crippen LogP contribution in [0.5, 0.6) is 0 Å². The van der Waals surface area contributed by atoms with Crippen molar-refractivity contribution >= 4 is 0 Å². The Bertz CT molecular complexity index is 462. The Balaban J connectivity index is 2.52. The number of pyridine rings is 1. The van der Waals surface area contributed by atoms with E-state index in [0.717, 1.165) is 23.5 Å². The Morgan fingerprint density at radius 3 is 2.81 bits per heavy atom. The first-order valence-electron chi connectivity index (χ1n) is 5.55. The van der Waals surface area contributed by atoms with E-state index in [1.54, 1.807) is 17.3 Å². The van der Waals surface area contributed by atoms with Crippen LogP contribution < -0.4 is 0 Å². The quantitative estimate of drug-likeness (QED) is 0.791. The van der Waals surface area contributed by atoms with E-state index in [1.165, 1.54) is 0 Å². The lowest BCUT2D eigenvalue weighted by Crippen LogP contribution is -2.06. The number of rotatable bonds is 3. The third-order valence-corrected chi connectivity index (χ3v) is 2.79. The second-order valence-corrected chi connectivity index (χ2v) is 4.01. The van der Waals surface area contributed by atoms with Gasteiger partial charge < -0.3 is 0 Å². The van der Waals surface area contributed by atoms with Gasteiger partial charge >= 0.3 is 0 Å². The van der Waals surface area contributed by atoms with E-state index < -0.39 is 0 Å². The van der Waals surface area contributed by atoms with Crippen LogP contribution in [-0.4, -0.2) is 19.7 Å². The van der Waals surface area contributed by atoms with Crippen molar-refractivity contribution in [3.05, 3.63) is 36.2 Å². The number of aromatic nitrogens is 4. The lowest BCUT2D eigenvalue weighted by molar-refractivity contribution is 0.688. The molecule has 0 radical (unpaired) electrons. The molecule has 2 rings (SSSR count). The van der Waals surface area contributed by atoms with Crippen molar-refractivity contribution in [1.82, 2.24) is 19.7 Å². The summed E-state index contributed by atoms with van der Waals surface area (Å²) in [5, 5.41) is 4.16. The molecule has 0 spiro atoms. The first-order chi connectivity index (χ1) is 7.72. The number of nitrogens with zero attached hydrogens (tertiary/aromatic N) is 4. The number of aryl methyl sites for hydroxylation is 1. The summed E-state index contributed by atoms with van der Waals surface area (Å²) < 4.78 is 1.77. The van der Waals surface area contributed by atoms with Crippen LogP contribution in [0.15, 0.2) is 24.8 Å². The summed E-state index contributed by atoms with van der Waals surface area (Å²) in [5.41, 5.74) is 3.16. The van der Waals surface area contributed by atoms with Gasteiger partial charge in [-0.25, -0.2) is 9.67 Å². The number of hydrogen-bond donors (Lipinski definition) is 0. The van der Waals surface area contributed by atoms with Crippen molar-refractivity contribution in [2.75, 3.05) is 0 Å². The highest BCUT2D eigenvalue weighted by molar-refractivity contribution is 5.38. The second-order valence-electron chi connectivity index (χ2n) is 4.01. The summed E-state index contributed by atoms with van der Waals surface area (Å²) in [4.78, 5) is 8.58. The van der Waals surface area contributed by atoms with Gasteiger partial charge in [0.05, 0.1) is 11.4 Å². The fourth-order valence-corrected chi connectivity index (χ4v) is 1.65. The highest BCUT2D eigenvalue weighted by Crippen LogP contribution is 2.23.